The predicted molar refractivity (Wildman–Crippen MR) is 89.6 cm³/mol. The van der Waals surface area contributed by atoms with Crippen LogP contribution in [0.1, 0.15) is 0 Å². The number of nitrogens with two attached hydrogens (primary N) is 2. The van der Waals surface area contributed by atoms with Crippen LogP contribution in [-0.2, 0) is 10.0 Å². The van der Waals surface area contributed by atoms with Crippen molar-refractivity contribution in [3.63, 3.8) is 0 Å². The molecule has 0 spiro atoms. The fraction of sp³-hybridized carbons (Fsp3) is 0. The quantitative estimate of drug-likeness (QED) is 0.689. The summed E-state index contributed by atoms with van der Waals surface area (Å²) < 4.78 is 25.3. The summed E-state index contributed by atoms with van der Waals surface area (Å²) in [6.45, 7) is 0. The van der Waals surface area contributed by atoms with E-state index < -0.39 is 10.0 Å². The highest BCUT2D eigenvalue weighted by molar-refractivity contribution is 9.10. The lowest BCUT2D eigenvalue weighted by atomic mass is 10.3. The first-order chi connectivity index (χ1) is 10.3. The summed E-state index contributed by atoms with van der Waals surface area (Å²) >= 11 is 9.38. The maximum absolute atomic E-state index is 11.7. The largest absolute Gasteiger partial charge is 0.369 e. The van der Waals surface area contributed by atoms with E-state index in [2.05, 4.69) is 20.9 Å². The summed E-state index contributed by atoms with van der Waals surface area (Å²) in [4.78, 5) is 4.18. The Bertz CT molecular complexity index is 1000. The maximum atomic E-state index is 11.7. The lowest BCUT2D eigenvalue weighted by Gasteiger charge is -2.09. The van der Waals surface area contributed by atoms with Crippen LogP contribution in [0.5, 0.6) is 0 Å². The number of primary sulfonamides is 1. The van der Waals surface area contributed by atoms with E-state index in [1.807, 2.05) is 0 Å². The van der Waals surface area contributed by atoms with E-state index in [1.165, 1.54) is 6.07 Å². The third-order valence-corrected chi connectivity index (χ3v) is 5.32. The van der Waals surface area contributed by atoms with Crippen molar-refractivity contribution < 1.29 is 8.42 Å². The molecule has 1 aromatic heterocycles. The van der Waals surface area contributed by atoms with Crippen molar-refractivity contribution in [3.8, 4) is 5.69 Å². The van der Waals surface area contributed by atoms with Crippen molar-refractivity contribution in [2.45, 2.75) is 4.90 Å². The average molecular weight is 402 g/mol. The third-order valence-electron chi connectivity index (χ3n) is 3.13. The molecule has 0 saturated heterocycles. The molecule has 0 atom stereocenters. The summed E-state index contributed by atoms with van der Waals surface area (Å²) in [5.74, 6) is 0.196. The lowest BCUT2D eigenvalue weighted by molar-refractivity contribution is 0.597. The second-order valence-electron chi connectivity index (χ2n) is 4.57. The van der Waals surface area contributed by atoms with Crippen molar-refractivity contribution in [3.05, 3.63) is 45.9 Å². The number of sulfonamides is 1. The molecule has 9 heteroatoms. The van der Waals surface area contributed by atoms with E-state index in [0.29, 0.717) is 26.2 Å². The van der Waals surface area contributed by atoms with Gasteiger partial charge in [0.2, 0.25) is 16.0 Å². The zero-order chi connectivity index (χ0) is 16.1. The first kappa shape index (κ1) is 15.3. The van der Waals surface area contributed by atoms with Gasteiger partial charge in [-0.1, -0.05) is 23.7 Å². The lowest BCUT2D eigenvalue weighted by Crippen LogP contribution is -2.13. The molecule has 114 valence electrons. The Morgan fingerprint density at radius 2 is 1.91 bits per heavy atom. The molecule has 0 aliphatic rings. The van der Waals surface area contributed by atoms with E-state index >= 15 is 0 Å². The summed E-state index contributed by atoms with van der Waals surface area (Å²) in [5, 5.41) is 5.70. The number of para-hydroxylation sites is 1. The van der Waals surface area contributed by atoms with E-state index in [9.17, 15) is 8.42 Å². The molecule has 3 aromatic rings. The normalized spacial score (nSPS) is 12.0. The van der Waals surface area contributed by atoms with Gasteiger partial charge < -0.3 is 5.73 Å². The molecule has 0 aliphatic carbocycles. The number of benzene rings is 2. The molecule has 0 aliphatic heterocycles. The highest BCUT2D eigenvalue weighted by atomic mass is 79.9. The zero-order valence-corrected chi connectivity index (χ0v) is 14.2. The summed E-state index contributed by atoms with van der Waals surface area (Å²) in [6.07, 6.45) is 0. The third kappa shape index (κ3) is 2.48. The van der Waals surface area contributed by atoms with E-state index in [1.54, 1.807) is 34.9 Å². The Kier molecular flexibility index (Phi) is 3.64. The Labute approximate surface area is 139 Å². The molecular weight excluding hydrogens is 392 g/mol. The SMILES string of the molecule is Nc1nc2cc(Br)c(S(N)(=O)=O)cc2n1-c1ccccc1Cl. The molecule has 3 rings (SSSR count). The fourth-order valence-corrected chi connectivity index (χ4v) is 4.04. The van der Waals surface area contributed by atoms with Crippen molar-refractivity contribution in [2.75, 3.05) is 5.73 Å². The predicted octanol–water partition coefficient (Wildman–Crippen LogP) is 2.67. The molecule has 0 bridgehead atoms. The Hall–Kier alpha value is -1.61. The van der Waals surface area contributed by atoms with Crippen LogP contribution in [0.25, 0.3) is 16.7 Å². The number of rotatable bonds is 2. The minimum Gasteiger partial charge on any atom is -0.369 e. The molecule has 22 heavy (non-hydrogen) atoms. The van der Waals surface area contributed by atoms with Gasteiger partial charge >= 0.3 is 0 Å². The molecular formula is C13H10BrClN4O2S. The molecule has 6 nitrogen and oxygen atoms in total. The van der Waals surface area contributed by atoms with Gasteiger partial charge in [0.15, 0.2) is 0 Å². The van der Waals surface area contributed by atoms with Gasteiger partial charge in [0, 0.05) is 4.47 Å². The minimum absolute atomic E-state index is 0.0480. The zero-order valence-electron chi connectivity index (χ0n) is 11.0. The van der Waals surface area contributed by atoms with Gasteiger partial charge in [-0.2, -0.15) is 0 Å². The van der Waals surface area contributed by atoms with Crippen LogP contribution in [0.15, 0.2) is 45.8 Å². The Balaban J connectivity index is 2.42. The molecule has 0 unspecified atom stereocenters. The number of hydrogen-bond acceptors (Lipinski definition) is 4. The topological polar surface area (TPSA) is 104 Å². The van der Waals surface area contributed by atoms with Crippen molar-refractivity contribution >= 4 is 54.5 Å². The van der Waals surface area contributed by atoms with Crippen LogP contribution in [0.2, 0.25) is 5.02 Å². The van der Waals surface area contributed by atoms with Crippen molar-refractivity contribution in [1.29, 1.82) is 0 Å². The smallest absolute Gasteiger partial charge is 0.239 e. The van der Waals surface area contributed by atoms with E-state index in [4.69, 9.17) is 22.5 Å². The summed E-state index contributed by atoms with van der Waals surface area (Å²) in [7, 11) is -3.89. The Morgan fingerprint density at radius 1 is 1.23 bits per heavy atom. The van der Waals surface area contributed by atoms with Crippen LogP contribution < -0.4 is 10.9 Å². The van der Waals surface area contributed by atoms with Crippen LogP contribution >= 0.6 is 27.5 Å². The monoisotopic (exact) mass is 400 g/mol. The highest BCUT2D eigenvalue weighted by Gasteiger charge is 2.19. The number of hydrogen-bond donors (Lipinski definition) is 2. The number of nitrogen functional groups attached to an aromatic ring is 1. The first-order valence-corrected chi connectivity index (χ1v) is 8.76. The molecule has 4 N–H and O–H groups in total. The molecule has 0 saturated carbocycles. The van der Waals surface area contributed by atoms with E-state index in [0.717, 1.165) is 0 Å². The van der Waals surface area contributed by atoms with Crippen molar-refractivity contribution in [2.24, 2.45) is 5.14 Å². The number of imidazole rings is 1. The maximum Gasteiger partial charge on any atom is 0.239 e. The van der Waals surface area contributed by atoms with Gasteiger partial charge in [-0.25, -0.2) is 18.5 Å². The van der Waals surface area contributed by atoms with Crippen LogP contribution in [0, 0.1) is 0 Å². The second-order valence-corrected chi connectivity index (χ2v) is 7.36. The molecule has 0 amide bonds. The fourth-order valence-electron chi connectivity index (χ4n) is 2.20. The van der Waals surface area contributed by atoms with Gasteiger partial charge in [0.05, 0.1) is 26.6 Å². The standard InChI is InChI=1S/C13H10BrClN4O2S/c14-7-5-9-11(6-12(7)22(17,20)21)19(13(16)18-9)10-4-2-1-3-8(10)15/h1-6H,(H2,16,18)(H2,17,20,21). The minimum atomic E-state index is -3.89. The van der Waals surface area contributed by atoms with E-state index in [-0.39, 0.29) is 10.8 Å². The number of nitrogens with zero attached hydrogens (tertiary/aromatic N) is 2. The van der Waals surface area contributed by atoms with Crippen LogP contribution in [-0.4, -0.2) is 18.0 Å². The van der Waals surface area contributed by atoms with Gasteiger partial charge in [-0.15, -0.1) is 0 Å². The molecule has 0 radical (unpaired) electrons. The second kappa shape index (κ2) is 5.24. The Morgan fingerprint density at radius 3 is 2.55 bits per heavy atom. The average Bonchev–Trinajstić information content (AvgIpc) is 2.72. The molecule has 0 fully saturated rings. The first-order valence-electron chi connectivity index (χ1n) is 6.04. The van der Waals surface area contributed by atoms with Gasteiger partial charge in [0.1, 0.15) is 0 Å². The van der Waals surface area contributed by atoms with Crippen LogP contribution in [0.4, 0.5) is 5.95 Å². The number of halogens is 2. The van der Waals surface area contributed by atoms with Gasteiger partial charge in [-0.05, 0) is 40.2 Å². The molecule has 1 heterocycles. The molecule has 2 aromatic carbocycles. The highest BCUT2D eigenvalue weighted by Crippen LogP contribution is 2.32. The number of fused-ring (bicyclic) bond motifs is 1. The number of aromatic nitrogens is 2. The van der Waals surface area contributed by atoms with Crippen LogP contribution in [0.3, 0.4) is 0 Å². The van der Waals surface area contributed by atoms with Gasteiger partial charge in [-0.3, -0.25) is 4.57 Å². The van der Waals surface area contributed by atoms with Gasteiger partial charge in [0.25, 0.3) is 0 Å². The summed E-state index contributed by atoms with van der Waals surface area (Å²) in [6, 6.07) is 10.0. The summed E-state index contributed by atoms with van der Waals surface area (Å²) in [5.41, 5.74) is 7.59. The number of anilines is 1. The van der Waals surface area contributed by atoms with Crippen molar-refractivity contribution in [1.82, 2.24) is 9.55 Å².